The molecule has 23 heavy (non-hydrogen) atoms. The molecule has 3 aromatic rings. The minimum Gasteiger partial charge on any atom is -0.349 e. The highest BCUT2D eigenvalue weighted by Gasteiger charge is 2.19. The number of rotatable bonds is 5. The van der Waals surface area contributed by atoms with Crippen molar-refractivity contribution in [3.05, 3.63) is 39.0 Å². The van der Waals surface area contributed by atoms with Gasteiger partial charge in [-0.15, -0.1) is 22.7 Å². The van der Waals surface area contributed by atoms with Crippen molar-refractivity contribution in [3.8, 4) is 0 Å². The Kier molecular flexibility index (Phi) is 4.52. The van der Waals surface area contributed by atoms with Crippen LogP contribution in [0.1, 0.15) is 26.3 Å². The van der Waals surface area contributed by atoms with E-state index in [1.165, 1.54) is 16.2 Å². The molecular formula is C16H20N4OS2. The lowest BCUT2D eigenvalue weighted by Gasteiger charge is -2.23. The summed E-state index contributed by atoms with van der Waals surface area (Å²) >= 11 is 3.20. The van der Waals surface area contributed by atoms with E-state index in [4.69, 9.17) is 0 Å². The van der Waals surface area contributed by atoms with Gasteiger partial charge in [0.1, 0.15) is 4.83 Å². The van der Waals surface area contributed by atoms with E-state index in [9.17, 15) is 4.79 Å². The van der Waals surface area contributed by atoms with E-state index in [1.54, 1.807) is 11.3 Å². The SMILES string of the molecule is Cc1nn(C)c2sc(C(=O)NCC(c3cccs3)N(C)C)cc12. The normalized spacial score (nSPS) is 12.9. The molecule has 1 atom stereocenters. The van der Waals surface area contributed by atoms with Gasteiger partial charge in [-0.05, 0) is 38.5 Å². The van der Waals surface area contributed by atoms with Crippen molar-refractivity contribution in [2.75, 3.05) is 20.6 Å². The molecule has 5 nitrogen and oxygen atoms in total. The molecule has 3 aromatic heterocycles. The largest absolute Gasteiger partial charge is 0.349 e. The summed E-state index contributed by atoms with van der Waals surface area (Å²) in [5.74, 6) is -0.0194. The zero-order valence-corrected chi connectivity index (χ0v) is 15.3. The van der Waals surface area contributed by atoms with Crippen molar-refractivity contribution in [3.63, 3.8) is 0 Å². The van der Waals surface area contributed by atoms with Crippen LogP contribution in [0.2, 0.25) is 0 Å². The molecule has 0 aliphatic rings. The Hall–Kier alpha value is -1.70. The topological polar surface area (TPSA) is 50.2 Å². The van der Waals surface area contributed by atoms with Crippen molar-refractivity contribution >= 4 is 38.8 Å². The number of aromatic nitrogens is 2. The predicted molar refractivity (Wildman–Crippen MR) is 96.4 cm³/mol. The smallest absolute Gasteiger partial charge is 0.261 e. The van der Waals surface area contributed by atoms with Crippen molar-refractivity contribution < 1.29 is 4.79 Å². The Balaban J connectivity index is 1.74. The number of carbonyl (C=O) groups excluding carboxylic acids is 1. The number of aryl methyl sites for hydroxylation is 2. The van der Waals surface area contributed by atoms with Crippen LogP contribution in [0.15, 0.2) is 23.6 Å². The van der Waals surface area contributed by atoms with E-state index in [0.717, 1.165) is 20.8 Å². The predicted octanol–water partition coefficient (Wildman–Crippen LogP) is 3.04. The van der Waals surface area contributed by atoms with Crippen LogP contribution in [0.3, 0.4) is 0 Å². The Labute approximate surface area is 143 Å². The van der Waals surface area contributed by atoms with Gasteiger partial charge in [0, 0.05) is 23.9 Å². The van der Waals surface area contributed by atoms with E-state index in [1.807, 2.05) is 44.9 Å². The summed E-state index contributed by atoms with van der Waals surface area (Å²) in [5.41, 5.74) is 0.961. The van der Waals surface area contributed by atoms with Crippen molar-refractivity contribution in [2.24, 2.45) is 7.05 Å². The first-order chi connectivity index (χ1) is 11.0. The number of carbonyl (C=O) groups is 1. The second kappa shape index (κ2) is 6.43. The van der Waals surface area contributed by atoms with E-state index >= 15 is 0 Å². The third kappa shape index (κ3) is 3.17. The molecule has 1 unspecified atom stereocenters. The highest BCUT2D eigenvalue weighted by molar-refractivity contribution is 7.20. The molecule has 0 aliphatic carbocycles. The third-order valence-electron chi connectivity index (χ3n) is 3.87. The zero-order chi connectivity index (χ0) is 16.6. The quantitative estimate of drug-likeness (QED) is 0.771. The lowest BCUT2D eigenvalue weighted by molar-refractivity contribution is 0.0946. The molecule has 0 aromatic carbocycles. The Morgan fingerprint density at radius 1 is 1.48 bits per heavy atom. The first-order valence-corrected chi connectivity index (χ1v) is 9.08. The summed E-state index contributed by atoms with van der Waals surface area (Å²) < 4.78 is 1.83. The lowest BCUT2D eigenvalue weighted by Crippen LogP contribution is -2.33. The minimum atomic E-state index is -0.0194. The summed E-state index contributed by atoms with van der Waals surface area (Å²) in [4.78, 5) is 17.6. The van der Waals surface area contributed by atoms with Crippen LogP contribution in [-0.4, -0.2) is 41.2 Å². The molecule has 0 bridgehead atoms. The molecule has 3 rings (SSSR count). The Morgan fingerprint density at radius 3 is 2.87 bits per heavy atom. The van der Waals surface area contributed by atoms with Crippen molar-refractivity contribution in [2.45, 2.75) is 13.0 Å². The standard InChI is InChI=1S/C16H20N4OS2/c1-10-11-8-14(23-16(11)20(4)18-10)15(21)17-9-12(19(2)3)13-6-5-7-22-13/h5-8,12H,9H2,1-4H3,(H,17,21). The van der Waals surface area contributed by atoms with Crippen molar-refractivity contribution in [1.29, 1.82) is 0 Å². The van der Waals surface area contributed by atoms with Gasteiger partial charge in [0.25, 0.3) is 5.91 Å². The fourth-order valence-corrected chi connectivity index (χ4v) is 4.57. The number of hydrogen-bond donors (Lipinski definition) is 1. The Morgan fingerprint density at radius 2 is 2.26 bits per heavy atom. The third-order valence-corrected chi connectivity index (χ3v) is 6.05. The van der Waals surface area contributed by atoms with Gasteiger partial charge in [-0.3, -0.25) is 9.48 Å². The Bertz CT molecular complexity index is 782. The summed E-state index contributed by atoms with van der Waals surface area (Å²) in [6.45, 7) is 2.56. The molecule has 3 heterocycles. The summed E-state index contributed by atoms with van der Waals surface area (Å²) in [6.07, 6.45) is 0. The molecule has 0 aliphatic heterocycles. The molecule has 0 saturated carbocycles. The number of nitrogens with zero attached hydrogens (tertiary/aromatic N) is 3. The van der Waals surface area contributed by atoms with Crippen LogP contribution < -0.4 is 5.32 Å². The summed E-state index contributed by atoms with van der Waals surface area (Å²) in [7, 11) is 5.97. The number of hydrogen-bond acceptors (Lipinski definition) is 5. The molecule has 1 N–H and O–H groups in total. The number of fused-ring (bicyclic) bond motifs is 1. The van der Waals surface area contributed by atoms with E-state index in [0.29, 0.717) is 6.54 Å². The van der Waals surface area contributed by atoms with Crippen LogP contribution in [0.25, 0.3) is 10.2 Å². The fraction of sp³-hybridized carbons (Fsp3) is 0.375. The van der Waals surface area contributed by atoms with Gasteiger partial charge < -0.3 is 10.2 Å². The molecule has 0 spiro atoms. The van der Waals surface area contributed by atoms with Gasteiger partial charge >= 0.3 is 0 Å². The molecular weight excluding hydrogens is 328 g/mol. The van der Waals surface area contributed by atoms with Gasteiger partial charge in [0.05, 0.1) is 16.6 Å². The lowest BCUT2D eigenvalue weighted by atomic mass is 10.2. The van der Waals surface area contributed by atoms with Crippen LogP contribution in [0.4, 0.5) is 0 Å². The molecule has 0 fully saturated rings. The maximum Gasteiger partial charge on any atom is 0.261 e. The molecule has 0 radical (unpaired) electrons. The first-order valence-electron chi connectivity index (χ1n) is 7.38. The van der Waals surface area contributed by atoms with Gasteiger partial charge in [0.15, 0.2) is 0 Å². The molecule has 1 amide bonds. The molecule has 122 valence electrons. The molecule has 0 saturated heterocycles. The molecule has 7 heteroatoms. The van der Waals surface area contributed by atoms with Gasteiger partial charge in [-0.2, -0.15) is 5.10 Å². The van der Waals surface area contributed by atoms with Gasteiger partial charge in [0.2, 0.25) is 0 Å². The minimum absolute atomic E-state index is 0.0194. The summed E-state index contributed by atoms with van der Waals surface area (Å²) in [5, 5.41) is 10.6. The maximum absolute atomic E-state index is 12.5. The van der Waals surface area contributed by atoms with Gasteiger partial charge in [-0.1, -0.05) is 6.07 Å². The van der Waals surface area contributed by atoms with E-state index in [2.05, 4.69) is 26.8 Å². The number of nitrogens with one attached hydrogen (secondary N) is 1. The number of amides is 1. The van der Waals surface area contributed by atoms with Gasteiger partial charge in [-0.25, -0.2) is 0 Å². The summed E-state index contributed by atoms with van der Waals surface area (Å²) in [6, 6.07) is 6.28. The highest BCUT2D eigenvalue weighted by Crippen LogP contribution is 2.28. The highest BCUT2D eigenvalue weighted by atomic mass is 32.1. The van der Waals surface area contributed by atoms with Crippen LogP contribution in [-0.2, 0) is 7.05 Å². The average Bonchev–Trinajstić information content (AvgIpc) is 3.20. The van der Waals surface area contributed by atoms with Crippen LogP contribution in [0.5, 0.6) is 0 Å². The second-order valence-corrected chi connectivity index (χ2v) is 7.75. The number of likely N-dealkylation sites (N-methyl/N-ethyl adjacent to an activating group) is 1. The fourth-order valence-electron chi connectivity index (χ4n) is 2.61. The zero-order valence-electron chi connectivity index (χ0n) is 13.7. The van der Waals surface area contributed by atoms with E-state index < -0.39 is 0 Å². The second-order valence-electron chi connectivity index (χ2n) is 5.74. The maximum atomic E-state index is 12.5. The average molecular weight is 348 g/mol. The van der Waals surface area contributed by atoms with Crippen LogP contribution in [0, 0.1) is 6.92 Å². The van der Waals surface area contributed by atoms with E-state index in [-0.39, 0.29) is 11.9 Å². The first kappa shape index (κ1) is 16.2. The van der Waals surface area contributed by atoms with Crippen molar-refractivity contribution in [1.82, 2.24) is 20.0 Å². The van der Waals surface area contributed by atoms with Crippen LogP contribution >= 0.6 is 22.7 Å². The monoisotopic (exact) mass is 348 g/mol. The number of thiophene rings is 2.